The quantitative estimate of drug-likeness (QED) is 0.821. The molecule has 0 aliphatic heterocycles. The minimum Gasteiger partial charge on any atom is -0.396 e. The van der Waals surface area contributed by atoms with E-state index in [-0.39, 0.29) is 6.61 Å². The molecule has 0 fully saturated rings. The lowest BCUT2D eigenvalue weighted by Crippen LogP contribution is -2.40. The molecule has 0 heterocycles. The van der Waals surface area contributed by atoms with E-state index >= 15 is 0 Å². The first-order chi connectivity index (χ1) is 9.33. The number of benzene rings is 2. The highest BCUT2D eigenvalue weighted by atomic mass is 16.3. The summed E-state index contributed by atoms with van der Waals surface area (Å²) < 4.78 is 0. The largest absolute Gasteiger partial charge is 0.396 e. The van der Waals surface area contributed by atoms with Crippen LogP contribution >= 0.6 is 0 Å². The Balaban J connectivity index is 2.03. The molecule has 1 nitrogen and oxygen atoms in total. The van der Waals surface area contributed by atoms with Gasteiger partial charge in [-0.1, -0.05) is 55.5 Å². The van der Waals surface area contributed by atoms with Crippen molar-refractivity contribution in [3.63, 3.8) is 0 Å². The topological polar surface area (TPSA) is 20.2 Å². The van der Waals surface area contributed by atoms with Gasteiger partial charge in [0.05, 0.1) is 0 Å². The molecular weight excluding hydrogens is 232 g/mol. The van der Waals surface area contributed by atoms with Gasteiger partial charge in [-0.25, -0.2) is 0 Å². The van der Waals surface area contributed by atoms with Gasteiger partial charge in [-0.15, -0.1) is 0 Å². The van der Waals surface area contributed by atoms with Gasteiger partial charge in [-0.2, -0.15) is 0 Å². The molecule has 0 saturated carbocycles. The Morgan fingerprint density at radius 1 is 0.789 bits per heavy atom. The van der Waals surface area contributed by atoms with Crippen molar-refractivity contribution in [1.29, 1.82) is 0 Å². The monoisotopic (exact) mass is 250 g/mol. The normalized spacial score (nSPS) is 30.8. The van der Waals surface area contributed by atoms with Gasteiger partial charge in [-0.05, 0) is 34.1 Å². The van der Waals surface area contributed by atoms with E-state index in [1.165, 1.54) is 22.3 Å². The highest BCUT2D eigenvalue weighted by molar-refractivity contribution is 5.56. The van der Waals surface area contributed by atoms with Gasteiger partial charge in [0, 0.05) is 18.4 Å². The number of rotatable bonds is 1. The van der Waals surface area contributed by atoms with Crippen molar-refractivity contribution in [1.82, 2.24) is 0 Å². The van der Waals surface area contributed by atoms with Crippen LogP contribution < -0.4 is 0 Å². The molecule has 2 aromatic carbocycles. The average Bonchev–Trinajstić information content (AvgIpc) is 2.47. The second kappa shape index (κ2) is 3.94. The second-order valence-corrected chi connectivity index (χ2v) is 5.92. The molecule has 3 aliphatic carbocycles. The Morgan fingerprint density at radius 2 is 1.21 bits per heavy atom. The minimum atomic E-state index is 0.283. The van der Waals surface area contributed by atoms with Crippen LogP contribution in [-0.2, 0) is 0 Å². The first-order valence-corrected chi connectivity index (χ1v) is 7.11. The maximum atomic E-state index is 9.83. The van der Waals surface area contributed by atoms with Crippen LogP contribution in [0, 0.1) is 11.8 Å². The summed E-state index contributed by atoms with van der Waals surface area (Å²) in [6.45, 7) is 2.58. The molecule has 2 aromatic rings. The Bertz CT molecular complexity index is 584. The van der Waals surface area contributed by atoms with E-state index in [4.69, 9.17) is 0 Å². The molecule has 2 atom stereocenters. The van der Waals surface area contributed by atoms with Gasteiger partial charge >= 0.3 is 0 Å². The van der Waals surface area contributed by atoms with Gasteiger partial charge in [0.15, 0.2) is 0 Å². The number of fused-ring (bicyclic) bond motifs is 1. The first-order valence-electron chi connectivity index (χ1n) is 7.11. The van der Waals surface area contributed by atoms with Crippen molar-refractivity contribution < 1.29 is 5.11 Å². The first kappa shape index (κ1) is 11.2. The van der Waals surface area contributed by atoms with Crippen LogP contribution in [0.3, 0.4) is 0 Å². The third-order valence-electron chi connectivity index (χ3n) is 5.17. The number of aliphatic hydroxyl groups is 1. The highest BCUT2D eigenvalue weighted by Gasteiger charge is 2.47. The number of hydrogen-bond donors (Lipinski definition) is 1. The molecule has 0 spiro atoms. The van der Waals surface area contributed by atoms with Crippen LogP contribution in [0.5, 0.6) is 0 Å². The van der Waals surface area contributed by atoms with E-state index in [0.717, 1.165) is 0 Å². The Kier molecular flexibility index (Phi) is 2.33. The lowest BCUT2D eigenvalue weighted by Gasteiger charge is -2.49. The van der Waals surface area contributed by atoms with Crippen molar-refractivity contribution in [2.75, 3.05) is 6.61 Å². The summed E-state index contributed by atoms with van der Waals surface area (Å²) in [5.41, 5.74) is 5.82. The third kappa shape index (κ3) is 1.34. The van der Waals surface area contributed by atoms with Crippen molar-refractivity contribution in [3.05, 3.63) is 70.8 Å². The molecule has 1 N–H and O–H groups in total. The zero-order chi connectivity index (χ0) is 13.0. The zero-order valence-electron chi connectivity index (χ0n) is 11.1. The van der Waals surface area contributed by atoms with Crippen molar-refractivity contribution in [2.45, 2.75) is 18.8 Å². The lowest BCUT2D eigenvalue weighted by atomic mass is 9.55. The molecule has 1 heteroatoms. The SMILES string of the molecule is CC1C2c3ccccc3C(c3ccccc32)C1CO. The van der Waals surface area contributed by atoms with E-state index in [1.54, 1.807) is 0 Å². The zero-order valence-corrected chi connectivity index (χ0v) is 11.1. The molecule has 2 unspecified atom stereocenters. The van der Waals surface area contributed by atoms with Crippen molar-refractivity contribution in [3.8, 4) is 0 Å². The number of hydrogen-bond acceptors (Lipinski definition) is 1. The summed E-state index contributed by atoms with van der Waals surface area (Å²) in [7, 11) is 0. The smallest absolute Gasteiger partial charge is 0.0471 e. The predicted molar refractivity (Wildman–Crippen MR) is 76.3 cm³/mol. The lowest BCUT2D eigenvalue weighted by molar-refractivity contribution is 0.138. The molecule has 3 aliphatic rings. The molecule has 5 rings (SSSR count). The molecular formula is C18H18O. The van der Waals surface area contributed by atoms with E-state index in [0.29, 0.717) is 23.7 Å². The van der Waals surface area contributed by atoms with Crippen LogP contribution in [0.2, 0.25) is 0 Å². The van der Waals surface area contributed by atoms with Crippen molar-refractivity contribution >= 4 is 0 Å². The molecule has 0 radical (unpaired) electrons. The highest BCUT2D eigenvalue weighted by Crippen LogP contribution is 2.57. The Labute approximate surface area is 113 Å². The van der Waals surface area contributed by atoms with Crippen molar-refractivity contribution in [2.24, 2.45) is 11.8 Å². The molecule has 0 aromatic heterocycles. The van der Waals surface area contributed by atoms with Gasteiger partial charge in [0.1, 0.15) is 0 Å². The Morgan fingerprint density at radius 3 is 1.63 bits per heavy atom. The summed E-state index contributed by atoms with van der Waals surface area (Å²) >= 11 is 0. The summed E-state index contributed by atoms with van der Waals surface area (Å²) in [4.78, 5) is 0. The summed E-state index contributed by atoms with van der Waals surface area (Å²) in [6, 6.07) is 17.6. The van der Waals surface area contributed by atoms with Gasteiger partial charge < -0.3 is 5.11 Å². The van der Waals surface area contributed by atoms with E-state index in [1.807, 2.05) is 0 Å². The van der Waals surface area contributed by atoms with Crippen LogP contribution in [0.15, 0.2) is 48.5 Å². The van der Waals surface area contributed by atoms with Gasteiger partial charge in [-0.3, -0.25) is 0 Å². The fourth-order valence-corrected chi connectivity index (χ4v) is 4.34. The van der Waals surface area contributed by atoms with Crippen LogP contribution in [-0.4, -0.2) is 11.7 Å². The summed E-state index contributed by atoms with van der Waals surface area (Å²) in [6.07, 6.45) is 0. The van der Waals surface area contributed by atoms with Gasteiger partial charge in [0.2, 0.25) is 0 Å². The fourth-order valence-electron chi connectivity index (χ4n) is 4.34. The van der Waals surface area contributed by atoms with Gasteiger partial charge in [0.25, 0.3) is 0 Å². The molecule has 19 heavy (non-hydrogen) atoms. The summed E-state index contributed by atoms with van der Waals surface area (Å²) in [5, 5.41) is 9.83. The molecule has 0 saturated heterocycles. The maximum absolute atomic E-state index is 9.83. The van der Waals surface area contributed by atoms with E-state index in [9.17, 15) is 5.11 Å². The van der Waals surface area contributed by atoms with Crippen LogP contribution in [0.4, 0.5) is 0 Å². The molecule has 96 valence electrons. The minimum absolute atomic E-state index is 0.283. The molecule has 0 amide bonds. The average molecular weight is 250 g/mol. The molecule has 2 bridgehead atoms. The number of aliphatic hydroxyl groups excluding tert-OH is 1. The van der Waals surface area contributed by atoms with E-state index < -0.39 is 0 Å². The fraction of sp³-hybridized carbons (Fsp3) is 0.333. The predicted octanol–water partition coefficient (Wildman–Crippen LogP) is 3.52. The van der Waals surface area contributed by atoms with Crippen LogP contribution in [0.25, 0.3) is 0 Å². The third-order valence-corrected chi connectivity index (χ3v) is 5.17. The summed E-state index contributed by atoms with van der Waals surface area (Å²) in [5.74, 6) is 1.70. The van der Waals surface area contributed by atoms with Crippen LogP contribution in [0.1, 0.15) is 41.0 Å². The van der Waals surface area contributed by atoms with E-state index in [2.05, 4.69) is 55.5 Å². The Hall–Kier alpha value is -1.60. The standard InChI is InChI=1S/C18H18O/c1-11-16(10-19)18-14-8-4-2-6-12(14)17(11)13-7-3-5-9-15(13)18/h2-9,11,16-19H,10H2,1H3. The maximum Gasteiger partial charge on any atom is 0.0471 e. The second-order valence-electron chi connectivity index (χ2n) is 5.92.